The van der Waals surface area contributed by atoms with E-state index in [2.05, 4.69) is 39.3 Å². The molecule has 0 amide bonds. The molecule has 1 aromatic heterocycles. The van der Waals surface area contributed by atoms with Crippen LogP contribution in [0.3, 0.4) is 0 Å². The Balaban J connectivity index is 1.89. The summed E-state index contributed by atoms with van der Waals surface area (Å²) in [6.07, 6.45) is 7.91. The fourth-order valence-electron chi connectivity index (χ4n) is 1.81. The number of aryl methyl sites for hydroxylation is 1. The molecule has 1 aliphatic rings. The topological polar surface area (TPSA) is 29.9 Å². The van der Waals surface area contributed by atoms with Crippen molar-refractivity contribution in [2.24, 2.45) is 7.05 Å². The van der Waals surface area contributed by atoms with Gasteiger partial charge in [0.2, 0.25) is 0 Å². The van der Waals surface area contributed by atoms with Crippen LogP contribution < -0.4 is 5.32 Å². The van der Waals surface area contributed by atoms with E-state index < -0.39 is 0 Å². The third kappa shape index (κ3) is 2.95. The summed E-state index contributed by atoms with van der Waals surface area (Å²) < 4.78 is 2.98. The van der Waals surface area contributed by atoms with E-state index in [4.69, 9.17) is 0 Å². The second-order valence-electron chi connectivity index (χ2n) is 4.37. The SMILES string of the molecule is CC(=CCCNC1CC1)c1c(Br)cnn1C. The molecule has 16 heavy (non-hydrogen) atoms. The highest BCUT2D eigenvalue weighted by molar-refractivity contribution is 9.10. The lowest BCUT2D eigenvalue weighted by Gasteiger charge is -2.04. The summed E-state index contributed by atoms with van der Waals surface area (Å²) in [6.45, 7) is 3.22. The van der Waals surface area contributed by atoms with Gasteiger partial charge in [0.05, 0.1) is 16.4 Å². The van der Waals surface area contributed by atoms with Crippen molar-refractivity contribution < 1.29 is 0 Å². The van der Waals surface area contributed by atoms with Gasteiger partial charge in [-0.2, -0.15) is 5.10 Å². The van der Waals surface area contributed by atoms with Crippen LogP contribution in [-0.2, 0) is 7.05 Å². The second-order valence-corrected chi connectivity index (χ2v) is 5.22. The van der Waals surface area contributed by atoms with Gasteiger partial charge in [0.15, 0.2) is 0 Å². The Kier molecular flexibility index (Phi) is 3.82. The van der Waals surface area contributed by atoms with E-state index in [-0.39, 0.29) is 0 Å². The predicted molar refractivity (Wildman–Crippen MR) is 70.2 cm³/mol. The van der Waals surface area contributed by atoms with Crippen molar-refractivity contribution in [3.63, 3.8) is 0 Å². The van der Waals surface area contributed by atoms with Crippen molar-refractivity contribution in [3.05, 3.63) is 22.4 Å². The van der Waals surface area contributed by atoms with Crippen molar-refractivity contribution in [1.29, 1.82) is 0 Å². The standard InChI is InChI=1S/C12H18BrN3/c1-9(4-3-7-14-10-5-6-10)12-11(13)8-15-16(12)2/h4,8,10,14H,3,5-7H2,1-2H3. The lowest BCUT2D eigenvalue weighted by molar-refractivity contribution is 0.690. The molecule has 1 aromatic rings. The Morgan fingerprint density at radius 3 is 3.00 bits per heavy atom. The van der Waals surface area contributed by atoms with Gasteiger partial charge in [-0.25, -0.2) is 0 Å². The van der Waals surface area contributed by atoms with Gasteiger partial charge in [0, 0.05) is 13.1 Å². The fraction of sp³-hybridized carbons (Fsp3) is 0.583. The molecule has 3 nitrogen and oxygen atoms in total. The summed E-state index contributed by atoms with van der Waals surface area (Å²) in [5, 5.41) is 7.72. The number of rotatable bonds is 5. The summed E-state index contributed by atoms with van der Waals surface area (Å²) >= 11 is 3.52. The Labute approximate surface area is 105 Å². The van der Waals surface area contributed by atoms with Gasteiger partial charge in [-0.15, -0.1) is 0 Å². The minimum atomic E-state index is 0.803. The third-order valence-electron chi connectivity index (χ3n) is 2.87. The predicted octanol–water partition coefficient (Wildman–Crippen LogP) is 2.73. The average Bonchev–Trinajstić information content (AvgIpc) is 3.00. The number of nitrogens with zero attached hydrogens (tertiary/aromatic N) is 2. The van der Waals surface area contributed by atoms with Gasteiger partial charge in [0.1, 0.15) is 0 Å². The normalized spacial score (nSPS) is 16.8. The number of hydrogen-bond acceptors (Lipinski definition) is 2. The molecule has 1 aliphatic carbocycles. The number of aromatic nitrogens is 2. The first-order valence-corrected chi connectivity index (χ1v) is 6.56. The largest absolute Gasteiger partial charge is 0.314 e. The third-order valence-corrected chi connectivity index (χ3v) is 3.45. The van der Waals surface area contributed by atoms with Crippen molar-refractivity contribution in [3.8, 4) is 0 Å². The summed E-state index contributed by atoms with van der Waals surface area (Å²) in [6, 6.07) is 0.803. The van der Waals surface area contributed by atoms with E-state index in [1.54, 1.807) is 0 Å². The number of nitrogens with one attached hydrogen (secondary N) is 1. The van der Waals surface area contributed by atoms with Gasteiger partial charge in [0.25, 0.3) is 0 Å². The minimum absolute atomic E-state index is 0.803. The van der Waals surface area contributed by atoms with E-state index in [1.807, 2.05) is 17.9 Å². The molecule has 0 radical (unpaired) electrons. The van der Waals surface area contributed by atoms with Crippen LogP contribution in [-0.4, -0.2) is 22.4 Å². The Morgan fingerprint density at radius 2 is 2.44 bits per heavy atom. The Morgan fingerprint density at radius 1 is 1.69 bits per heavy atom. The lowest BCUT2D eigenvalue weighted by atomic mass is 10.2. The van der Waals surface area contributed by atoms with Crippen LogP contribution in [0.15, 0.2) is 16.7 Å². The van der Waals surface area contributed by atoms with E-state index in [0.717, 1.165) is 23.5 Å². The number of hydrogen-bond donors (Lipinski definition) is 1. The molecule has 1 fully saturated rings. The fourth-order valence-corrected chi connectivity index (χ4v) is 2.48. The van der Waals surface area contributed by atoms with Crippen LogP contribution in [0.1, 0.15) is 31.9 Å². The van der Waals surface area contributed by atoms with Crippen molar-refractivity contribution in [2.75, 3.05) is 6.54 Å². The Bertz CT molecular complexity index is 371. The number of halogens is 1. The number of allylic oxidation sites excluding steroid dienone is 1. The van der Waals surface area contributed by atoms with Gasteiger partial charge in [-0.05, 0) is 54.2 Å². The van der Waals surface area contributed by atoms with E-state index >= 15 is 0 Å². The van der Waals surface area contributed by atoms with E-state index in [1.165, 1.54) is 24.1 Å². The molecule has 0 bridgehead atoms. The lowest BCUT2D eigenvalue weighted by Crippen LogP contribution is -2.16. The zero-order chi connectivity index (χ0) is 11.5. The maximum atomic E-state index is 4.22. The van der Waals surface area contributed by atoms with Crippen molar-refractivity contribution in [2.45, 2.75) is 32.2 Å². The molecular formula is C12H18BrN3. The second kappa shape index (κ2) is 5.15. The van der Waals surface area contributed by atoms with Crippen LogP contribution >= 0.6 is 15.9 Å². The molecule has 2 rings (SSSR count). The average molecular weight is 284 g/mol. The van der Waals surface area contributed by atoms with Gasteiger partial charge < -0.3 is 5.32 Å². The first-order chi connectivity index (χ1) is 7.68. The molecular weight excluding hydrogens is 266 g/mol. The van der Waals surface area contributed by atoms with Crippen LogP contribution in [0.5, 0.6) is 0 Å². The zero-order valence-electron chi connectivity index (χ0n) is 9.83. The van der Waals surface area contributed by atoms with Gasteiger partial charge >= 0.3 is 0 Å². The molecule has 0 aromatic carbocycles. The van der Waals surface area contributed by atoms with Crippen LogP contribution in [0.25, 0.3) is 5.57 Å². The first kappa shape index (κ1) is 11.9. The van der Waals surface area contributed by atoms with Crippen molar-refractivity contribution >= 4 is 21.5 Å². The maximum absolute atomic E-state index is 4.22. The monoisotopic (exact) mass is 283 g/mol. The Hall–Kier alpha value is -0.610. The zero-order valence-corrected chi connectivity index (χ0v) is 11.4. The molecule has 1 heterocycles. The molecule has 1 N–H and O–H groups in total. The van der Waals surface area contributed by atoms with Crippen LogP contribution in [0.4, 0.5) is 0 Å². The van der Waals surface area contributed by atoms with E-state index in [9.17, 15) is 0 Å². The summed E-state index contributed by atoms with van der Waals surface area (Å²) in [4.78, 5) is 0. The van der Waals surface area contributed by atoms with Crippen LogP contribution in [0, 0.1) is 0 Å². The highest BCUT2D eigenvalue weighted by atomic mass is 79.9. The molecule has 88 valence electrons. The van der Waals surface area contributed by atoms with Gasteiger partial charge in [-0.3, -0.25) is 4.68 Å². The van der Waals surface area contributed by atoms with Crippen LogP contribution in [0.2, 0.25) is 0 Å². The smallest absolute Gasteiger partial charge is 0.0774 e. The summed E-state index contributed by atoms with van der Waals surface area (Å²) in [5.41, 5.74) is 2.45. The first-order valence-electron chi connectivity index (χ1n) is 5.76. The highest BCUT2D eigenvalue weighted by Crippen LogP contribution is 2.23. The minimum Gasteiger partial charge on any atom is -0.314 e. The highest BCUT2D eigenvalue weighted by Gasteiger charge is 2.19. The molecule has 0 aliphatic heterocycles. The maximum Gasteiger partial charge on any atom is 0.0774 e. The van der Waals surface area contributed by atoms with Crippen molar-refractivity contribution in [1.82, 2.24) is 15.1 Å². The van der Waals surface area contributed by atoms with Gasteiger partial charge in [-0.1, -0.05) is 6.08 Å². The molecule has 0 saturated heterocycles. The molecule has 4 heteroatoms. The summed E-state index contributed by atoms with van der Waals surface area (Å²) in [5.74, 6) is 0. The molecule has 0 spiro atoms. The molecule has 1 saturated carbocycles. The molecule has 0 unspecified atom stereocenters. The summed E-state index contributed by atoms with van der Waals surface area (Å²) in [7, 11) is 1.97. The molecule has 0 atom stereocenters. The van der Waals surface area contributed by atoms with E-state index in [0.29, 0.717) is 0 Å². The quantitative estimate of drug-likeness (QED) is 0.843.